The third-order valence-corrected chi connectivity index (χ3v) is 6.95. The van der Waals surface area contributed by atoms with Crippen LogP contribution in [0.5, 0.6) is 5.75 Å². The molecule has 174 valence electrons. The third kappa shape index (κ3) is 4.16. The highest BCUT2D eigenvalue weighted by molar-refractivity contribution is 6.30. The zero-order chi connectivity index (χ0) is 23.8. The first kappa shape index (κ1) is 22.5. The van der Waals surface area contributed by atoms with Gasteiger partial charge in [0.15, 0.2) is 0 Å². The number of ether oxygens (including phenoxy) is 1. The Bertz CT molecular complexity index is 1210. The van der Waals surface area contributed by atoms with E-state index in [0.717, 1.165) is 29.8 Å². The van der Waals surface area contributed by atoms with Gasteiger partial charge in [0.25, 0.3) is 5.91 Å². The minimum absolute atomic E-state index is 0.0624. The van der Waals surface area contributed by atoms with Crippen LogP contribution in [0.2, 0.25) is 5.02 Å². The van der Waals surface area contributed by atoms with Gasteiger partial charge in [-0.3, -0.25) is 9.59 Å². The SMILES string of the molecule is COc1ccc(C(=O)N2c3ccccc3[C@H](N(C(=O)C3CC3)c3ccc(Cl)cc3)C[C@@H]2C)cc1. The van der Waals surface area contributed by atoms with Crippen molar-refractivity contribution in [2.45, 2.75) is 38.3 Å². The summed E-state index contributed by atoms with van der Waals surface area (Å²) in [7, 11) is 1.61. The van der Waals surface area contributed by atoms with Gasteiger partial charge in [0.2, 0.25) is 5.91 Å². The minimum atomic E-state index is -0.166. The summed E-state index contributed by atoms with van der Waals surface area (Å²) in [5.41, 5.74) is 3.26. The Morgan fingerprint density at radius 1 is 0.971 bits per heavy atom. The van der Waals surface area contributed by atoms with Crippen LogP contribution >= 0.6 is 11.6 Å². The van der Waals surface area contributed by atoms with Crippen LogP contribution in [0.4, 0.5) is 11.4 Å². The van der Waals surface area contributed by atoms with E-state index in [9.17, 15) is 9.59 Å². The molecule has 0 spiro atoms. The molecule has 1 saturated carbocycles. The van der Waals surface area contributed by atoms with E-state index in [0.29, 0.717) is 22.8 Å². The van der Waals surface area contributed by atoms with Crippen LogP contribution in [0.25, 0.3) is 0 Å². The Morgan fingerprint density at radius 2 is 1.65 bits per heavy atom. The largest absolute Gasteiger partial charge is 0.497 e. The molecule has 3 aromatic rings. The number of carbonyl (C=O) groups is 2. The number of fused-ring (bicyclic) bond motifs is 1. The number of benzene rings is 3. The number of halogens is 1. The zero-order valence-corrected chi connectivity index (χ0v) is 20.0. The van der Waals surface area contributed by atoms with E-state index in [2.05, 4.69) is 0 Å². The van der Waals surface area contributed by atoms with Gasteiger partial charge >= 0.3 is 0 Å². The van der Waals surface area contributed by atoms with Crippen molar-refractivity contribution in [3.63, 3.8) is 0 Å². The number of carbonyl (C=O) groups excluding carboxylic acids is 2. The maximum Gasteiger partial charge on any atom is 0.258 e. The monoisotopic (exact) mass is 474 g/mol. The molecule has 6 heteroatoms. The molecule has 2 aliphatic rings. The molecule has 2 amide bonds. The molecule has 5 nitrogen and oxygen atoms in total. The highest BCUT2D eigenvalue weighted by atomic mass is 35.5. The molecule has 0 bridgehead atoms. The normalized spacial score (nSPS) is 19.3. The molecule has 2 atom stereocenters. The number of hydrogen-bond acceptors (Lipinski definition) is 3. The zero-order valence-electron chi connectivity index (χ0n) is 19.3. The van der Waals surface area contributed by atoms with Crippen molar-refractivity contribution in [2.24, 2.45) is 5.92 Å². The van der Waals surface area contributed by atoms with Crippen LogP contribution in [-0.2, 0) is 4.79 Å². The lowest BCUT2D eigenvalue weighted by molar-refractivity contribution is -0.120. The standard InChI is InChI=1S/C28H27ClN2O3/c1-18-17-26(31(28(33)19-7-8-19)22-13-11-21(29)12-14-22)24-5-3-4-6-25(24)30(18)27(32)20-9-15-23(34-2)16-10-20/h3-6,9-16,18-19,26H,7-8,17H2,1-2H3/t18-,26+/m0/s1. The van der Waals surface area contributed by atoms with Crippen molar-refractivity contribution in [1.82, 2.24) is 0 Å². The molecule has 3 aromatic carbocycles. The molecule has 1 heterocycles. The van der Waals surface area contributed by atoms with Gasteiger partial charge in [-0.1, -0.05) is 29.8 Å². The first-order valence-corrected chi connectivity index (χ1v) is 12.0. The summed E-state index contributed by atoms with van der Waals surface area (Å²) in [5, 5.41) is 0.635. The summed E-state index contributed by atoms with van der Waals surface area (Å²) in [6.07, 6.45) is 2.49. The van der Waals surface area contributed by atoms with E-state index in [1.54, 1.807) is 31.4 Å². The Hall–Kier alpha value is -3.31. The quantitative estimate of drug-likeness (QED) is 0.437. The van der Waals surface area contributed by atoms with Gasteiger partial charge < -0.3 is 14.5 Å². The predicted molar refractivity (Wildman–Crippen MR) is 135 cm³/mol. The van der Waals surface area contributed by atoms with E-state index in [1.165, 1.54) is 0 Å². The minimum Gasteiger partial charge on any atom is -0.497 e. The summed E-state index contributed by atoms with van der Waals surface area (Å²) in [6.45, 7) is 2.05. The van der Waals surface area contributed by atoms with Crippen LogP contribution in [0.1, 0.15) is 48.1 Å². The van der Waals surface area contributed by atoms with Crippen molar-refractivity contribution in [3.8, 4) is 5.75 Å². The molecular formula is C28H27ClN2O3. The van der Waals surface area contributed by atoms with Gasteiger partial charge in [0, 0.05) is 33.9 Å². The molecular weight excluding hydrogens is 448 g/mol. The van der Waals surface area contributed by atoms with Gasteiger partial charge in [-0.15, -0.1) is 0 Å². The summed E-state index contributed by atoms with van der Waals surface area (Å²) < 4.78 is 5.24. The molecule has 1 aliphatic heterocycles. The number of amides is 2. The first-order chi connectivity index (χ1) is 16.5. The lowest BCUT2D eigenvalue weighted by Crippen LogP contribution is -2.48. The number of nitrogens with zero attached hydrogens (tertiary/aromatic N) is 2. The second-order valence-electron chi connectivity index (χ2n) is 9.02. The molecule has 0 aromatic heterocycles. The van der Waals surface area contributed by atoms with Gasteiger partial charge in [-0.25, -0.2) is 0 Å². The molecule has 1 fully saturated rings. The highest BCUT2D eigenvalue weighted by Crippen LogP contribution is 2.45. The Morgan fingerprint density at radius 3 is 2.29 bits per heavy atom. The smallest absolute Gasteiger partial charge is 0.258 e. The fourth-order valence-electron chi connectivity index (χ4n) is 4.80. The molecule has 1 aliphatic carbocycles. The fourth-order valence-corrected chi connectivity index (χ4v) is 4.92. The van der Waals surface area contributed by atoms with E-state index in [-0.39, 0.29) is 29.8 Å². The Labute approximate surface area is 204 Å². The number of anilines is 2. The number of rotatable bonds is 5. The van der Waals surface area contributed by atoms with Crippen molar-refractivity contribution < 1.29 is 14.3 Å². The van der Waals surface area contributed by atoms with Gasteiger partial charge in [0.05, 0.1) is 13.2 Å². The van der Waals surface area contributed by atoms with E-state index >= 15 is 0 Å². The van der Waals surface area contributed by atoms with E-state index in [1.807, 2.05) is 65.3 Å². The Balaban J connectivity index is 1.55. The summed E-state index contributed by atoms with van der Waals surface area (Å²) in [4.78, 5) is 30.9. The van der Waals surface area contributed by atoms with Crippen LogP contribution < -0.4 is 14.5 Å². The molecule has 5 rings (SSSR count). The number of para-hydroxylation sites is 1. The van der Waals surface area contributed by atoms with Crippen LogP contribution in [-0.4, -0.2) is 25.0 Å². The maximum absolute atomic E-state index is 13.6. The van der Waals surface area contributed by atoms with Crippen molar-refractivity contribution in [1.29, 1.82) is 0 Å². The summed E-state index contributed by atoms with van der Waals surface area (Å²) in [5.74, 6) is 0.856. The summed E-state index contributed by atoms with van der Waals surface area (Å²) >= 11 is 6.14. The Kier molecular flexibility index (Phi) is 6.05. The lowest BCUT2D eigenvalue weighted by atomic mass is 9.89. The van der Waals surface area contributed by atoms with Crippen LogP contribution in [0.15, 0.2) is 72.8 Å². The fraction of sp³-hybridized carbons (Fsp3) is 0.286. The van der Waals surface area contributed by atoms with Gasteiger partial charge in [-0.05, 0) is 86.3 Å². The van der Waals surface area contributed by atoms with Crippen molar-refractivity contribution in [3.05, 3.63) is 88.9 Å². The van der Waals surface area contributed by atoms with Gasteiger partial charge in [-0.2, -0.15) is 0 Å². The first-order valence-electron chi connectivity index (χ1n) is 11.6. The predicted octanol–water partition coefficient (Wildman–Crippen LogP) is 6.27. The second-order valence-corrected chi connectivity index (χ2v) is 9.46. The average molecular weight is 475 g/mol. The molecule has 0 saturated heterocycles. The number of hydrogen-bond donors (Lipinski definition) is 0. The maximum atomic E-state index is 13.6. The second kappa shape index (κ2) is 9.15. The third-order valence-electron chi connectivity index (χ3n) is 6.70. The van der Waals surface area contributed by atoms with Crippen molar-refractivity contribution in [2.75, 3.05) is 16.9 Å². The molecule has 34 heavy (non-hydrogen) atoms. The summed E-state index contributed by atoms with van der Waals surface area (Å²) in [6, 6.07) is 22.3. The molecule has 0 unspecified atom stereocenters. The topological polar surface area (TPSA) is 49.9 Å². The highest BCUT2D eigenvalue weighted by Gasteiger charge is 2.42. The van der Waals surface area contributed by atoms with E-state index in [4.69, 9.17) is 16.3 Å². The van der Waals surface area contributed by atoms with E-state index < -0.39 is 0 Å². The molecule has 0 radical (unpaired) electrons. The van der Waals surface area contributed by atoms with Crippen LogP contribution in [0, 0.1) is 5.92 Å². The van der Waals surface area contributed by atoms with Crippen molar-refractivity contribution >= 4 is 34.8 Å². The van der Waals surface area contributed by atoms with Gasteiger partial charge in [0.1, 0.15) is 5.75 Å². The lowest BCUT2D eigenvalue weighted by Gasteiger charge is -2.43. The molecule has 0 N–H and O–H groups in total. The van der Waals surface area contributed by atoms with Crippen LogP contribution in [0.3, 0.4) is 0 Å². The average Bonchev–Trinajstić information content (AvgIpc) is 3.71. The number of methoxy groups -OCH3 is 1.